The van der Waals surface area contributed by atoms with Crippen LogP contribution in [0.2, 0.25) is 0 Å². The molecule has 94 valence electrons. The Bertz CT molecular complexity index is 668. The lowest BCUT2D eigenvalue weighted by Gasteiger charge is -2.01. The fourth-order valence-electron chi connectivity index (χ4n) is 2.19. The van der Waals surface area contributed by atoms with E-state index in [1.165, 1.54) is 22.3 Å². The summed E-state index contributed by atoms with van der Waals surface area (Å²) < 4.78 is 1.98. The van der Waals surface area contributed by atoms with Gasteiger partial charge in [0.05, 0.1) is 12.7 Å². The molecule has 0 amide bonds. The molecule has 0 aliphatic carbocycles. The normalized spacial score (nSPS) is 10.6. The molecule has 0 saturated carbocycles. The molecular weight excluding hydrogens is 232 g/mol. The lowest BCUT2D eigenvalue weighted by molar-refractivity contribution is 0.687. The Hall–Kier alpha value is -2.35. The quantitative estimate of drug-likeness (QED) is 0.687. The smallest absolute Gasteiger partial charge is 0.0659 e. The van der Waals surface area contributed by atoms with E-state index in [0.29, 0.717) is 0 Å². The summed E-state index contributed by atoms with van der Waals surface area (Å²) in [6, 6.07) is 18.9. The number of aromatic nitrogens is 2. The molecule has 0 aliphatic rings. The number of hydrogen-bond acceptors (Lipinski definition) is 1. The van der Waals surface area contributed by atoms with Crippen LogP contribution in [0.5, 0.6) is 0 Å². The van der Waals surface area contributed by atoms with Gasteiger partial charge in [0.2, 0.25) is 0 Å². The highest BCUT2D eigenvalue weighted by atomic mass is 15.3. The molecule has 0 fully saturated rings. The first-order chi connectivity index (χ1) is 9.31. The summed E-state index contributed by atoms with van der Waals surface area (Å²) in [5, 5.41) is 4.43. The van der Waals surface area contributed by atoms with E-state index in [4.69, 9.17) is 0 Å². The topological polar surface area (TPSA) is 17.8 Å². The zero-order valence-corrected chi connectivity index (χ0v) is 11.0. The van der Waals surface area contributed by atoms with Gasteiger partial charge in [-0.3, -0.25) is 4.68 Å². The van der Waals surface area contributed by atoms with E-state index in [-0.39, 0.29) is 0 Å². The molecule has 1 aromatic heterocycles. The summed E-state index contributed by atoms with van der Waals surface area (Å²) in [4.78, 5) is 0. The molecule has 2 nitrogen and oxygen atoms in total. The molecule has 0 N–H and O–H groups in total. The van der Waals surface area contributed by atoms with Gasteiger partial charge in [-0.15, -0.1) is 0 Å². The maximum Gasteiger partial charge on any atom is 0.0659 e. The van der Waals surface area contributed by atoms with Gasteiger partial charge < -0.3 is 0 Å². The molecular formula is C17H16N2. The molecule has 0 unspecified atom stereocenters. The summed E-state index contributed by atoms with van der Waals surface area (Å²) in [6.45, 7) is 2.92. The van der Waals surface area contributed by atoms with Gasteiger partial charge in [-0.2, -0.15) is 5.10 Å². The van der Waals surface area contributed by atoms with Gasteiger partial charge in [-0.25, -0.2) is 0 Å². The van der Waals surface area contributed by atoms with Crippen molar-refractivity contribution in [3.63, 3.8) is 0 Å². The van der Waals surface area contributed by atoms with Crippen molar-refractivity contribution in [2.24, 2.45) is 0 Å². The van der Waals surface area contributed by atoms with Crippen LogP contribution in [0.3, 0.4) is 0 Å². The Kier molecular flexibility index (Phi) is 3.15. The Morgan fingerprint density at radius 2 is 1.79 bits per heavy atom. The van der Waals surface area contributed by atoms with Crippen LogP contribution in [0.15, 0.2) is 67.0 Å². The SMILES string of the molecule is Cc1cccc(-c2cnn(Cc3ccccc3)c2)c1. The minimum absolute atomic E-state index is 0.812. The van der Waals surface area contributed by atoms with E-state index in [1.54, 1.807) is 0 Å². The maximum atomic E-state index is 4.43. The first kappa shape index (κ1) is 11.7. The van der Waals surface area contributed by atoms with Gasteiger partial charge in [0.1, 0.15) is 0 Å². The van der Waals surface area contributed by atoms with E-state index in [9.17, 15) is 0 Å². The fourth-order valence-corrected chi connectivity index (χ4v) is 2.19. The molecule has 0 spiro atoms. The van der Waals surface area contributed by atoms with Gasteiger partial charge in [0.25, 0.3) is 0 Å². The molecule has 0 aliphatic heterocycles. The monoisotopic (exact) mass is 248 g/mol. The molecule has 0 radical (unpaired) electrons. The number of benzene rings is 2. The van der Waals surface area contributed by atoms with Gasteiger partial charge in [-0.1, -0.05) is 60.2 Å². The van der Waals surface area contributed by atoms with E-state index >= 15 is 0 Å². The van der Waals surface area contributed by atoms with Crippen LogP contribution in [0.4, 0.5) is 0 Å². The van der Waals surface area contributed by atoms with Crippen molar-refractivity contribution < 1.29 is 0 Å². The van der Waals surface area contributed by atoms with Crippen molar-refractivity contribution in [2.45, 2.75) is 13.5 Å². The van der Waals surface area contributed by atoms with E-state index < -0.39 is 0 Å². The summed E-state index contributed by atoms with van der Waals surface area (Å²) in [6.07, 6.45) is 4.03. The van der Waals surface area contributed by atoms with Crippen molar-refractivity contribution in [1.82, 2.24) is 9.78 Å². The van der Waals surface area contributed by atoms with Gasteiger partial charge >= 0.3 is 0 Å². The van der Waals surface area contributed by atoms with E-state index in [0.717, 1.165) is 6.54 Å². The number of aryl methyl sites for hydroxylation is 1. The molecule has 3 rings (SSSR count). The minimum atomic E-state index is 0.812. The highest BCUT2D eigenvalue weighted by molar-refractivity contribution is 5.62. The molecule has 19 heavy (non-hydrogen) atoms. The second-order valence-corrected chi connectivity index (χ2v) is 4.78. The van der Waals surface area contributed by atoms with Crippen LogP contribution in [0, 0.1) is 6.92 Å². The third kappa shape index (κ3) is 2.74. The van der Waals surface area contributed by atoms with Crippen LogP contribution in [0.25, 0.3) is 11.1 Å². The Labute approximate surface area is 113 Å². The largest absolute Gasteiger partial charge is 0.268 e. The summed E-state index contributed by atoms with van der Waals surface area (Å²) in [7, 11) is 0. The average molecular weight is 248 g/mol. The highest BCUT2D eigenvalue weighted by Gasteiger charge is 2.02. The number of hydrogen-bond donors (Lipinski definition) is 0. The number of rotatable bonds is 3. The standard InChI is InChI=1S/C17H16N2/c1-14-6-5-9-16(10-14)17-11-18-19(13-17)12-15-7-3-2-4-8-15/h2-11,13H,12H2,1H3. The van der Waals surface area contributed by atoms with Crippen molar-refractivity contribution in [3.05, 3.63) is 78.1 Å². The summed E-state index contributed by atoms with van der Waals surface area (Å²) in [5.74, 6) is 0. The molecule has 3 aromatic rings. The molecule has 0 bridgehead atoms. The second kappa shape index (κ2) is 5.11. The first-order valence-electron chi connectivity index (χ1n) is 6.45. The molecule has 1 heterocycles. The lowest BCUT2D eigenvalue weighted by Crippen LogP contribution is -1.99. The Balaban J connectivity index is 1.84. The third-order valence-electron chi connectivity index (χ3n) is 3.17. The van der Waals surface area contributed by atoms with Gasteiger partial charge in [0.15, 0.2) is 0 Å². The predicted octanol–water partition coefficient (Wildman–Crippen LogP) is 3.91. The van der Waals surface area contributed by atoms with Gasteiger partial charge in [0, 0.05) is 11.8 Å². The lowest BCUT2D eigenvalue weighted by atomic mass is 10.1. The molecule has 2 aromatic carbocycles. The Morgan fingerprint density at radius 3 is 2.58 bits per heavy atom. The van der Waals surface area contributed by atoms with E-state index in [2.05, 4.69) is 66.8 Å². The second-order valence-electron chi connectivity index (χ2n) is 4.78. The third-order valence-corrected chi connectivity index (χ3v) is 3.17. The highest BCUT2D eigenvalue weighted by Crippen LogP contribution is 2.19. The van der Waals surface area contributed by atoms with Crippen molar-refractivity contribution in [1.29, 1.82) is 0 Å². The number of nitrogens with zero attached hydrogens (tertiary/aromatic N) is 2. The van der Waals surface area contributed by atoms with E-state index in [1.807, 2.05) is 16.9 Å². The van der Waals surface area contributed by atoms with Crippen molar-refractivity contribution >= 4 is 0 Å². The fraction of sp³-hybridized carbons (Fsp3) is 0.118. The van der Waals surface area contributed by atoms with Gasteiger partial charge in [-0.05, 0) is 18.1 Å². The summed E-state index contributed by atoms with van der Waals surface area (Å²) in [5.41, 5.74) is 4.92. The van der Waals surface area contributed by atoms with Crippen LogP contribution < -0.4 is 0 Å². The molecule has 0 saturated heterocycles. The maximum absolute atomic E-state index is 4.43. The van der Waals surface area contributed by atoms with Crippen LogP contribution in [-0.4, -0.2) is 9.78 Å². The average Bonchev–Trinajstić information content (AvgIpc) is 2.88. The Morgan fingerprint density at radius 1 is 0.947 bits per heavy atom. The predicted molar refractivity (Wildman–Crippen MR) is 77.9 cm³/mol. The first-order valence-corrected chi connectivity index (χ1v) is 6.45. The molecule has 0 atom stereocenters. The zero-order valence-electron chi connectivity index (χ0n) is 11.0. The minimum Gasteiger partial charge on any atom is -0.268 e. The van der Waals surface area contributed by atoms with Crippen LogP contribution in [-0.2, 0) is 6.54 Å². The molecule has 2 heteroatoms. The van der Waals surface area contributed by atoms with Crippen LogP contribution >= 0.6 is 0 Å². The zero-order chi connectivity index (χ0) is 13.1. The van der Waals surface area contributed by atoms with Crippen molar-refractivity contribution in [3.8, 4) is 11.1 Å². The summed E-state index contributed by atoms with van der Waals surface area (Å²) >= 11 is 0. The van der Waals surface area contributed by atoms with Crippen LogP contribution in [0.1, 0.15) is 11.1 Å². The van der Waals surface area contributed by atoms with Crippen molar-refractivity contribution in [2.75, 3.05) is 0 Å².